The van der Waals surface area contributed by atoms with Gasteiger partial charge in [-0.2, -0.15) is 0 Å². The molecule has 8 aromatic carbocycles. The molecule has 2 aromatic heterocycles. The molecular weight excluding hydrogens is 761 g/mol. The second-order valence-electron chi connectivity index (χ2n) is 13.6. The summed E-state index contributed by atoms with van der Waals surface area (Å²) >= 11 is 0. The SMILES string of the molecule is O=C(Oc1ccccc1)c1nc2c3cccc4c5nc(C(=O)Oc6ccccc6)c(C(O)Oc6ccccc6)nc5c5cccc(c2nc1C(=O)Oc1ccccc1)c5c34. The van der Waals surface area contributed by atoms with Crippen molar-refractivity contribution < 1.29 is 38.4 Å². The zero-order valence-electron chi connectivity index (χ0n) is 31.2. The van der Waals surface area contributed by atoms with Gasteiger partial charge in [0, 0.05) is 32.3 Å². The Labute approximate surface area is 339 Å². The molecule has 0 saturated heterocycles. The number of aromatic nitrogens is 4. The molecule has 60 heavy (non-hydrogen) atoms. The topological polar surface area (TPSA) is 160 Å². The zero-order valence-corrected chi connectivity index (χ0v) is 31.2. The van der Waals surface area contributed by atoms with E-state index in [2.05, 4.69) is 0 Å². The number of esters is 3. The van der Waals surface area contributed by atoms with E-state index in [1.807, 2.05) is 24.3 Å². The van der Waals surface area contributed by atoms with Crippen LogP contribution in [0.1, 0.15) is 43.4 Å². The lowest BCUT2D eigenvalue weighted by molar-refractivity contribution is -0.0238. The molecule has 0 aliphatic rings. The second kappa shape index (κ2) is 14.9. The highest BCUT2D eigenvalue weighted by molar-refractivity contribution is 6.38. The van der Waals surface area contributed by atoms with Crippen molar-refractivity contribution in [3.05, 3.63) is 181 Å². The molecule has 2 heterocycles. The van der Waals surface area contributed by atoms with Crippen LogP contribution in [0.3, 0.4) is 0 Å². The first-order chi connectivity index (χ1) is 29.4. The summed E-state index contributed by atoms with van der Waals surface area (Å²) in [6.45, 7) is 0. The van der Waals surface area contributed by atoms with Gasteiger partial charge in [-0.1, -0.05) is 109 Å². The number of ether oxygens (including phenoxy) is 4. The standard InChI is InChI=1S/C48H28N4O8/c53-45(57-27-15-5-1-6-16-27)41-42(46(54)58-28-17-7-2-8-18-28)50-38-32-24-14-26-34-36(32)35-31(37(38)49-41)23-13-25-33(35)39-40(34)52-44(48(56)60-30-21-11-4-12-22-30)43(51-39)47(55)59-29-19-9-3-10-20-29/h1-26,45,53H. The van der Waals surface area contributed by atoms with Crippen LogP contribution in [-0.2, 0) is 0 Å². The van der Waals surface area contributed by atoms with Crippen LogP contribution in [0.15, 0.2) is 158 Å². The molecule has 10 aromatic rings. The summed E-state index contributed by atoms with van der Waals surface area (Å²) in [4.78, 5) is 61.3. The third-order valence-electron chi connectivity index (χ3n) is 9.88. The summed E-state index contributed by atoms with van der Waals surface area (Å²) in [6, 6.07) is 44.9. The molecule has 1 N–H and O–H groups in total. The maximum atomic E-state index is 14.0. The second-order valence-corrected chi connectivity index (χ2v) is 13.6. The molecule has 1 atom stereocenters. The summed E-state index contributed by atoms with van der Waals surface area (Å²) in [5, 5.41) is 15.3. The first kappa shape index (κ1) is 36.0. The van der Waals surface area contributed by atoms with Gasteiger partial charge in [0.2, 0.25) is 6.29 Å². The highest BCUT2D eigenvalue weighted by atomic mass is 16.6. The van der Waals surface area contributed by atoms with E-state index in [4.69, 9.17) is 38.9 Å². The predicted molar refractivity (Wildman–Crippen MR) is 223 cm³/mol. The predicted octanol–water partition coefficient (Wildman–Crippen LogP) is 9.20. The zero-order chi connectivity index (χ0) is 40.7. The number of carbonyl (C=O) groups is 3. The Morgan fingerprint density at radius 1 is 0.383 bits per heavy atom. The van der Waals surface area contributed by atoms with E-state index in [1.165, 1.54) is 0 Å². The fraction of sp³-hybridized carbons (Fsp3) is 0.0208. The van der Waals surface area contributed by atoms with Gasteiger partial charge in [0.15, 0.2) is 17.1 Å². The van der Waals surface area contributed by atoms with Crippen LogP contribution >= 0.6 is 0 Å². The van der Waals surface area contributed by atoms with Gasteiger partial charge in [-0.05, 0) is 48.5 Å². The van der Waals surface area contributed by atoms with Crippen molar-refractivity contribution in [1.82, 2.24) is 19.9 Å². The van der Waals surface area contributed by atoms with Gasteiger partial charge in [-0.25, -0.2) is 34.3 Å². The third kappa shape index (κ3) is 6.39. The molecule has 1 unspecified atom stereocenters. The van der Waals surface area contributed by atoms with E-state index in [-0.39, 0.29) is 40.0 Å². The fourth-order valence-corrected chi connectivity index (χ4v) is 7.29. The lowest BCUT2D eigenvalue weighted by Gasteiger charge is -2.19. The minimum Gasteiger partial charge on any atom is -0.459 e. The first-order valence-electron chi connectivity index (χ1n) is 18.7. The Balaban J connectivity index is 1.23. The van der Waals surface area contributed by atoms with Crippen molar-refractivity contribution >= 4 is 72.3 Å². The molecule has 0 aliphatic carbocycles. The summed E-state index contributed by atoms with van der Waals surface area (Å²) in [7, 11) is 0. The number of benzene rings is 8. The minimum absolute atomic E-state index is 0.167. The van der Waals surface area contributed by atoms with E-state index in [0.29, 0.717) is 60.1 Å². The van der Waals surface area contributed by atoms with E-state index >= 15 is 0 Å². The van der Waals surface area contributed by atoms with Gasteiger partial charge in [0.1, 0.15) is 28.7 Å². The van der Waals surface area contributed by atoms with Crippen molar-refractivity contribution in [1.29, 1.82) is 0 Å². The number of hydrogen-bond acceptors (Lipinski definition) is 12. The summed E-state index contributed by atoms with van der Waals surface area (Å²) in [5.74, 6) is -1.60. The number of aliphatic hydroxyl groups is 1. The van der Waals surface area contributed by atoms with Gasteiger partial charge in [-0.3, -0.25) is 0 Å². The highest BCUT2D eigenvalue weighted by Gasteiger charge is 2.31. The normalized spacial score (nSPS) is 11.9. The molecule has 0 amide bonds. The van der Waals surface area contributed by atoms with E-state index in [1.54, 1.807) is 133 Å². The van der Waals surface area contributed by atoms with Crippen LogP contribution in [0.25, 0.3) is 54.4 Å². The number of rotatable bonds is 9. The van der Waals surface area contributed by atoms with Crippen LogP contribution in [0, 0.1) is 0 Å². The Bertz CT molecular complexity index is 3280. The van der Waals surface area contributed by atoms with Crippen LogP contribution in [0.4, 0.5) is 0 Å². The largest absolute Gasteiger partial charge is 0.459 e. The van der Waals surface area contributed by atoms with Crippen molar-refractivity contribution in [2.45, 2.75) is 6.29 Å². The van der Waals surface area contributed by atoms with Crippen molar-refractivity contribution in [3.8, 4) is 23.0 Å². The molecule has 0 saturated carbocycles. The van der Waals surface area contributed by atoms with E-state index < -0.39 is 24.2 Å². The highest BCUT2D eigenvalue weighted by Crippen LogP contribution is 2.44. The van der Waals surface area contributed by atoms with Crippen molar-refractivity contribution in [2.75, 3.05) is 0 Å². The molecule has 288 valence electrons. The number of carbonyl (C=O) groups excluding carboxylic acids is 3. The van der Waals surface area contributed by atoms with E-state index in [0.717, 1.165) is 0 Å². The third-order valence-corrected chi connectivity index (χ3v) is 9.88. The lowest BCUT2D eigenvalue weighted by atomic mass is 9.91. The lowest BCUT2D eigenvalue weighted by Crippen LogP contribution is -2.21. The fourth-order valence-electron chi connectivity index (χ4n) is 7.29. The molecule has 10 rings (SSSR count). The number of fused-ring (bicyclic) bond motifs is 6. The average Bonchev–Trinajstić information content (AvgIpc) is 3.29. The summed E-state index contributed by atoms with van der Waals surface area (Å²) in [5.41, 5.74) is 0.153. The van der Waals surface area contributed by atoms with E-state index in [9.17, 15) is 19.5 Å². The molecule has 0 fully saturated rings. The van der Waals surface area contributed by atoms with Crippen molar-refractivity contribution in [2.24, 2.45) is 0 Å². The molecule has 0 spiro atoms. The van der Waals surface area contributed by atoms with Crippen LogP contribution in [-0.4, -0.2) is 43.0 Å². The Morgan fingerprint density at radius 3 is 1.08 bits per heavy atom. The maximum absolute atomic E-state index is 14.0. The van der Waals surface area contributed by atoms with Gasteiger partial charge in [0.05, 0.1) is 22.1 Å². The molecule has 0 aliphatic heterocycles. The van der Waals surface area contributed by atoms with Crippen molar-refractivity contribution in [3.63, 3.8) is 0 Å². The van der Waals surface area contributed by atoms with Gasteiger partial charge in [0.25, 0.3) is 0 Å². The van der Waals surface area contributed by atoms with Crippen LogP contribution < -0.4 is 18.9 Å². The number of para-hydroxylation sites is 4. The molecule has 0 radical (unpaired) electrons. The Hall–Kier alpha value is -8.35. The first-order valence-corrected chi connectivity index (χ1v) is 18.7. The summed E-state index contributed by atoms with van der Waals surface area (Å²) < 4.78 is 23.0. The van der Waals surface area contributed by atoms with Gasteiger partial charge < -0.3 is 24.1 Å². The number of nitrogens with zero attached hydrogens (tertiary/aromatic N) is 4. The van der Waals surface area contributed by atoms with Gasteiger partial charge >= 0.3 is 17.9 Å². The molecule has 0 bridgehead atoms. The Morgan fingerprint density at radius 2 is 0.700 bits per heavy atom. The van der Waals surface area contributed by atoms with Crippen LogP contribution in [0.2, 0.25) is 0 Å². The summed E-state index contributed by atoms with van der Waals surface area (Å²) in [6.07, 6.45) is -1.73. The smallest absolute Gasteiger partial charge is 0.364 e. The molecular formula is C48H28N4O8. The molecule has 12 nitrogen and oxygen atoms in total. The van der Waals surface area contributed by atoms with Gasteiger partial charge in [-0.15, -0.1) is 0 Å². The average molecular weight is 789 g/mol. The number of hydrogen-bond donors (Lipinski definition) is 1. The number of aliphatic hydroxyl groups excluding tert-OH is 1. The monoisotopic (exact) mass is 788 g/mol. The molecule has 12 heteroatoms. The van der Waals surface area contributed by atoms with Crippen LogP contribution in [0.5, 0.6) is 23.0 Å². The quantitative estimate of drug-likeness (QED) is 0.0486. The minimum atomic E-state index is -1.73. The maximum Gasteiger partial charge on any atom is 0.364 e. The Kier molecular flexibility index (Phi) is 8.92.